The normalized spacial score (nSPS) is 15.9. The van der Waals surface area contributed by atoms with E-state index in [1.165, 1.54) is 17.1 Å². The van der Waals surface area contributed by atoms with Crippen LogP contribution >= 0.6 is 30.0 Å². The summed E-state index contributed by atoms with van der Waals surface area (Å²) in [6.45, 7) is 11.1. The number of hydrogen-bond donors (Lipinski definition) is 0. The number of nitrogens with zero attached hydrogens (tertiary/aromatic N) is 3. The van der Waals surface area contributed by atoms with Gasteiger partial charge in [0.1, 0.15) is 5.82 Å². The monoisotopic (exact) mass is 545 g/mol. The first-order chi connectivity index (χ1) is 11.5. The van der Waals surface area contributed by atoms with Crippen LogP contribution in [0.1, 0.15) is 30.8 Å². The van der Waals surface area contributed by atoms with Crippen molar-refractivity contribution in [3.05, 3.63) is 38.9 Å². The maximum atomic E-state index is 6.48. The molecule has 144 valence electrons. The minimum absolute atomic E-state index is 0. The summed E-state index contributed by atoms with van der Waals surface area (Å²) in [5, 5.41) is 0.841. The van der Waals surface area contributed by atoms with E-state index in [-0.39, 0.29) is 58.9 Å². The van der Waals surface area contributed by atoms with E-state index in [1.54, 1.807) is 0 Å². The standard InChI is InChI=1S/C19H27ClN3PS.HI.Na/c1-13-9-15(20)14(7-8-24(4,5)6)10-16(13)21-18-23-12-19(2,3)11-17(23)22-25-18;;/h9-10H,4,7-8,11-12H2,1-3,5-6H3;1H;/q;;+1/p-1. The van der Waals surface area contributed by atoms with Crippen molar-refractivity contribution in [1.82, 2.24) is 8.94 Å². The molecular weight excluding hydrogens is 519 g/mol. The van der Waals surface area contributed by atoms with Crippen LogP contribution in [0.15, 0.2) is 17.1 Å². The molecule has 0 saturated heterocycles. The third kappa shape index (κ3) is 6.70. The molecule has 2 heterocycles. The molecule has 0 unspecified atom stereocenters. The van der Waals surface area contributed by atoms with Gasteiger partial charge in [0.25, 0.3) is 0 Å². The first-order valence-electron chi connectivity index (χ1n) is 8.61. The van der Waals surface area contributed by atoms with Gasteiger partial charge in [0.15, 0.2) is 0 Å². The van der Waals surface area contributed by atoms with E-state index in [0.717, 1.165) is 52.4 Å². The molecule has 0 aliphatic carbocycles. The molecule has 2 aromatic rings. The molecule has 0 N–H and O–H groups in total. The van der Waals surface area contributed by atoms with Crippen LogP contribution in [0.3, 0.4) is 0 Å². The number of fused-ring (bicyclic) bond motifs is 1. The zero-order valence-corrected chi connectivity index (χ0v) is 23.8. The fraction of sp³-hybridized carbons (Fsp3) is 0.526. The Balaban J connectivity index is 0.00000182. The zero-order valence-electron chi connectivity index (χ0n) is 17.1. The largest absolute Gasteiger partial charge is 1.00 e. The SMILES string of the molecule is C=P(C)(C)CCc1cc(N=c2snc3n2CC(C)(C)C3)c(C)cc1Cl.[I-].[Na+]. The maximum absolute atomic E-state index is 6.48. The third-order valence-electron chi connectivity index (χ3n) is 4.57. The number of aryl methyl sites for hydroxylation is 2. The second-order valence-corrected chi connectivity index (χ2v) is 14.0. The second-order valence-electron chi connectivity index (χ2n) is 8.56. The molecule has 1 aliphatic heterocycles. The Bertz CT molecular complexity index is 930. The van der Waals surface area contributed by atoms with Crippen molar-refractivity contribution < 1.29 is 53.5 Å². The summed E-state index contributed by atoms with van der Waals surface area (Å²) in [6.07, 6.45) is 7.39. The summed E-state index contributed by atoms with van der Waals surface area (Å²) in [5.74, 6) is 1.16. The molecule has 0 saturated carbocycles. The zero-order chi connectivity index (χ0) is 18.4. The van der Waals surface area contributed by atoms with Crippen LogP contribution in [-0.2, 0) is 19.4 Å². The number of halogens is 2. The van der Waals surface area contributed by atoms with E-state index in [9.17, 15) is 0 Å². The number of hydrogen-bond acceptors (Lipinski definition) is 3. The minimum atomic E-state index is -1.06. The van der Waals surface area contributed by atoms with Gasteiger partial charge in [-0.25, -0.2) is 4.99 Å². The van der Waals surface area contributed by atoms with Gasteiger partial charge in [0.2, 0.25) is 4.80 Å². The van der Waals surface area contributed by atoms with E-state index in [2.05, 4.69) is 55.4 Å². The fourth-order valence-electron chi connectivity index (χ4n) is 3.12. The summed E-state index contributed by atoms with van der Waals surface area (Å²) in [5.41, 5.74) is 3.56. The average molecular weight is 546 g/mol. The molecule has 0 fully saturated rings. The van der Waals surface area contributed by atoms with Crippen LogP contribution in [0, 0.1) is 12.3 Å². The van der Waals surface area contributed by atoms with Crippen molar-refractivity contribution in [1.29, 1.82) is 0 Å². The molecule has 1 aromatic carbocycles. The van der Waals surface area contributed by atoms with Gasteiger partial charge in [-0.05, 0) is 61.5 Å². The van der Waals surface area contributed by atoms with Crippen molar-refractivity contribution in [3.63, 3.8) is 0 Å². The van der Waals surface area contributed by atoms with Gasteiger partial charge in [-0.3, -0.25) is 0 Å². The Hall–Kier alpha value is 0.900. The van der Waals surface area contributed by atoms with Crippen LogP contribution in [-0.4, -0.2) is 34.7 Å². The van der Waals surface area contributed by atoms with Crippen LogP contribution in [0.2, 0.25) is 5.02 Å². The number of benzene rings is 1. The second kappa shape index (κ2) is 9.80. The van der Waals surface area contributed by atoms with E-state index >= 15 is 0 Å². The molecule has 0 bridgehead atoms. The van der Waals surface area contributed by atoms with Crippen molar-refractivity contribution >= 4 is 42.0 Å². The summed E-state index contributed by atoms with van der Waals surface area (Å²) >= 11 is 7.97. The first kappa shape index (κ1) is 25.9. The summed E-state index contributed by atoms with van der Waals surface area (Å²) in [4.78, 5) is 5.93. The van der Waals surface area contributed by atoms with Crippen LogP contribution in [0.5, 0.6) is 0 Å². The van der Waals surface area contributed by atoms with Gasteiger partial charge in [0.05, 0.1) is 5.69 Å². The molecule has 0 amide bonds. The van der Waals surface area contributed by atoms with Gasteiger partial charge in [-0.2, -0.15) is 4.37 Å². The Morgan fingerprint density at radius 3 is 2.67 bits per heavy atom. The predicted octanol–water partition coefficient (Wildman–Crippen LogP) is -1.02. The molecule has 3 nitrogen and oxygen atoms in total. The quantitative estimate of drug-likeness (QED) is 0.275. The smallest absolute Gasteiger partial charge is 1.00 e. The topological polar surface area (TPSA) is 30.2 Å². The van der Waals surface area contributed by atoms with E-state index in [4.69, 9.17) is 16.6 Å². The third-order valence-corrected chi connectivity index (χ3v) is 7.13. The molecule has 27 heavy (non-hydrogen) atoms. The van der Waals surface area contributed by atoms with Gasteiger partial charge in [0, 0.05) is 29.5 Å². The van der Waals surface area contributed by atoms with Gasteiger partial charge >= 0.3 is 29.6 Å². The van der Waals surface area contributed by atoms with Crippen molar-refractivity contribution in [2.45, 2.75) is 40.2 Å². The Morgan fingerprint density at radius 2 is 2.04 bits per heavy atom. The molecule has 1 aliphatic rings. The minimum Gasteiger partial charge on any atom is -1.00 e. The number of rotatable bonds is 4. The maximum Gasteiger partial charge on any atom is 1.00 e. The first-order valence-corrected chi connectivity index (χ1v) is 12.8. The van der Waals surface area contributed by atoms with E-state index < -0.39 is 6.89 Å². The molecule has 0 radical (unpaired) electrons. The van der Waals surface area contributed by atoms with Gasteiger partial charge < -0.3 is 28.5 Å². The summed E-state index contributed by atoms with van der Waals surface area (Å²) in [7, 11) is 0. The van der Waals surface area contributed by atoms with Gasteiger partial charge in [-0.15, -0.1) is 13.2 Å². The number of aromatic nitrogens is 2. The molecular formula is C19H27ClIN3NaPS. The molecule has 8 heteroatoms. The molecule has 0 spiro atoms. The van der Waals surface area contributed by atoms with Crippen molar-refractivity contribution in [2.75, 3.05) is 19.5 Å². The molecule has 0 atom stereocenters. The predicted molar refractivity (Wildman–Crippen MR) is 113 cm³/mol. The molecule has 1 aromatic heterocycles. The van der Waals surface area contributed by atoms with Crippen molar-refractivity contribution in [2.24, 2.45) is 10.4 Å². The van der Waals surface area contributed by atoms with Gasteiger partial charge in [-0.1, -0.05) is 25.4 Å². The fourth-order valence-corrected chi connectivity index (χ4v) is 5.04. The Labute approximate surface area is 211 Å². The Morgan fingerprint density at radius 1 is 1.37 bits per heavy atom. The van der Waals surface area contributed by atoms with Crippen molar-refractivity contribution in [3.8, 4) is 0 Å². The summed E-state index contributed by atoms with van der Waals surface area (Å²) in [6, 6.07) is 4.19. The molecule has 3 rings (SSSR count). The summed E-state index contributed by atoms with van der Waals surface area (Å²) < 4.78 is 6.87. The van der Waals surface area contributed by atoms with Crippen LogP contribution < -0.4 is 58.3 Å². The average Bonchev–Trinajstić information content (AvgIpc) is 2.95. The van der Waals surface area contributed by atoms with Crippen LogP contribution in [0.25, 0.3) is 0 Å². The Kier molecular flexibility index (Phi) is 9.42. The van der Waals surface area contributed by atoms with E-state index in [1.807, 2.05) is 6.07 Å². The van der Waals surface area contributed by atoms with Crippen LogP contribution in [0.4, 0.5) is 5.69 Å². The van der Waals surface area contributed by atoms with E-state index in [0.29, 0.717) is 0 Å².